The average Bonchev–Trinajstić information content (AvgIpc) is 2.36. The van der Waals surface area contributed by atoms with Gasteiger partial charge in [-0.25, -0.2) is 4.79 Å². The number of rotatable bonds is 6. The van der Waals surface area contributed by atoms with Crippen LogP contribution in [0.5, 0.6) is 0 Å². The van der Waals surface area contributed by atoms with Gasteiger partial charge in [0.05, 0.1) is 5.56 Å². The Kier molecular flexibility index (Phi) is 4.60. The van der Waals surface area contributed by atoms with Crippen LogP contribution >= 0.6 is 11.8 Å². The van der Waals surface area contributed by atoms with Crippen molar-refractivity contribution in [3.63, 3.8) is 0 Å². The first-order valence-corrected chi connectivity index (χ1v) is 8.04. The van der Waals surface area contributed by atoms with Crippen LogP contribution in [0.4, 0.5) is 5.69 Å². The Morgan fingerprint density at radius 1 is 1.45 bits per heavy atom. The molecule has 0 radical (unpaired) electrons. The molecule has 0 unspecified atom stereocenters. The predicted octanol–water partition coefficient (Wildman–Crippen LogP) is 3.00. The number of carboxylic acid groups (broad SMARTS) is 1. The van der Waals surface area contributed by atoms with Gasteiger partial charge in [-0.1, -0.05) is 6.07 Å². The van der Waals surface area contributed by atoms with Crippen molar-refractivity contribution < 1.29 is 9.90 Å². The summed E-state index contributed by atoms with van der Waals surface area (Å²) in [5.74, 6) is -0.870. The molecule has 1 aliphatic carbocycles. The number of aromatic carboxylic acids is 1. The highest BCUT2D eigenvalue weighted by Crippen LogP contribution is 2.37. The van der Waals surface area contributed by atoms with Crippen LogP contribution in [0.15, 0.2) is 23.1 Å². The minimum Gasteiger partial charge on any atom is -0.478 e. The largest absolute Gasteiger partial charge is 0.478 e. The molecular weight excluding hydrogens is 272 g/mol. The molecular formula is C15H22N2O2S. The van der Waals surface area contributed by atoms with Gasteiger partial charge in [0.15, 0.2) is 0 Å². The fourth-order valence-corrected chi connectivity index (χ4v) is 3.31. The number of hydrogen-bond donors (Lipinski definition) is 2. The van der Waals surface area contributed by atoms with Crippen LogP contribution in [-0.2, 0) is 0 Å². The van der Waals surface area contributed by atoms with Gasteiger partial charge in [0.1, 0.15) is 0 Å². The van der Waals surface area contributed by atoms with Crippen molar-refractivity contribution in [3.8, 4) is 0 Å². The van der Waals surface area contributed by atoms with E-state index in [0.29, 0.717) is 5.56 Å². The molecule has 0 heterocycles. The Balaban J connectivity index is 2.19. The van der Waals surface area contributed by atoms with Gasteiger partial charge in [0.2, 0.25) is 0 Å². The Bertz CT molecular complexity index is 499. The van der Waals surface area contributed by atoms with E-state index in [-0.39, 0.29) is 5.54 Å². The fourth-order valence-electron chi connectivity index (χ4n) is 2.70. The smallest absolute Gasteiger partial charge is 0.338 e. The molecule has 1 aromatic carbocycles. The van der Waals surface area contributed by atoms with E-state index in [2.05, 4.69) is 24.3 Å². The summed E-state index contributed by atoms with van der Waals surface area (Å²) in [5.41, 5.74) is 1.27. The summed E-state index contributed by atoms with van der Waals surface area (Å²) in [5, 5.41) is 12.8. The topological polar surface area (TPSA) is 52.6 Å². The molecule has 0 spiro atoms. The van der Waals surface area contributed by atoms with Gasteiger partial charge >= 0.3 is 5.97 Å². The molecule has 1 fully saturated rings. The van der Waals surface area contributed by atoms with Crippen molar-refractivity contribution >= 4 is 23.4 Å². The number of likely N-dealkylation sites (N-methyl/N-ethyl adjacent to an activating group) is 1. The lowest BCUT2D eigenvalue weighted by atomic mass is 9.75. The molecule has 0 amide bonds. The summed E-state index contributed by atoms with van der Waals surface area (Å²) in [6.07, 6.45) is 5.48. The second-order valence-corrected chi connectivity index (χ2v) is 6.36. The van der Waals surface area contributed by atoms with Crippen LogP contribution in [0, 0.1) is 0 Å². The number of thioether (sulfide) groups is 1. The van der Waals surface area contributed by atoms with Crippen LogP contribution in [0.2, 0.25) is 0 Å². The lowest BCUT2D eigenvalue weighted by Gasteiger charge is -2.47. The molecule has 20 heavy (non-hydrogen) atoms. The van der Waals surface area contributed by atoms with Gasteiger partial charge in [-0.05, 0) is 51.7 Å². The summed E-state index contributed by atoms with van der Waals surface area (Å²) < 4.78 is 0. The number of hydrogen-bond acceptors (Lipinski definition) is 4. The van der Waals surface area contributed by atoms with Crippen LogP contribution in [0.3, 0.4) is 0 Å². The number of carboxylic acids is 1. The van der Waals surface area contributed by atoms with E-state index in [9.17, 15) is 9.90 Å². The van der Waals surface area contributed by atoms with E-state index < -0.39 is 5.97 Å². The van der Waals surface area contributed by atoms with Crippen molar-refractivity contribution in [2.75, 3.05) is 32.2 Å². The SMILES string of the molecule is CSc1cccc(NCC2(N(C)C)CCC2)c1C(=O)O. The molecule has 5 heteroatoms. The van der Waals surface area contributed by atoms with E-state index in [0.717, 1.165) is 30.0 Å². The Morgan fingerprint density at radius 2 is 2.15 bits per heavy atom. The number of nitrogens with one attached hydrogen (secondary N) is 1. The zero-order valence-corrected chi connectivity index (χ0v) is 13.1. The van der Waals surface area contributed by atoms with Gasteiger partial charge in [0, 0.05) is 22.7 Å². The van der Waals surface area contributed by atoms with Crippen LogP contribution in [-0.4, -0.2) is 48.4 Å². The molecule has 2 rings (SSSR count). The van der Waals surface area contributed by atoms with Crippen LogP contribution < -0.4 is 5.32 Å². The number of carbonyl (C=O) groups is 1. The van der Waals surface area contributed by atoms with Gasteiger partial charge in [-0.2, -0.15) is 0 Å². The van der Waals surface area contributed by atoms with Crippen LogP contribution in [0.25, 0.3) is 0 Å². The molecule has 1 aromatic rings. The van der Waals surface area contributed by atoms with Crippen molar-refractivity contribution in [1.29, 1.82) is 0 Å². The monoisotopic (exact) mass is 294 g/mol. The van der Waals surface area contributed by atoms with E-state index in [1.165, 1.54) is 18.2 Å². The molecule has 4 nitrogen and oxygen atoms in total. The number of benzene rings is 1. The first kappa shape index (κ1) is 15.2. The molecule has 2 N–H and O–H groups in total. The minimum absolute atomic E-state index is 0.172. The maximum absolute atomic E-state index is 11.5. The maximum Gasteiger partial charge on any atom is 0.338 e. The van der Waals surface area contributed by atoms with Crippen LogP contribution in [0.1, 0.15) is 29.6 Å². The van der Waals surface area contributed by atoms with Gasteiger partial charge in [0.25, 0.3) is 0 Å². The van der Waals surface area contributed by atoms with E-state index in [1.54, 1.807) is 0 Å². The molecule has 0 aromatic heterocycles. The second kappa shape index (κ2) is 6.06. The first-order chi connectivity index (χ1) is 9.50. The molecule has 1 aliphatic rings. The first-order valence-electron chi connectivity index (χ1n) is 6.82. The highest BCUT2D eigenvalue weighted by molar-refractivity contribution is 7.98. The standard InChI is InChI=1S/C15H22N2O2S/c1-17(2)15(8-5-9-15)10-16-11-6-4-7-12(20-3)13(11)14(18)19/h4,6-7,16H,5,8-10H2,1-3H3,(H,18,19). The Labute approximate surface area is 124 Å². The molecule has 110 valence electrons. The highest BCUT2D eigenvalue weighted by atomic mass is 32.2. The predicted molar refractivity (Wildman–Crippen MR) is 83.9 cm³/mol. The van der Waals surface area contributed by atoms with E-state index in [1.807, 2.05) is 24.5 Å². The second-order valence-electron chi connectivity index (χ2n) is 5.51. The molecule has 1 saturated carbocycles. The molecule has 0 atom stereocenters. The van der Waals surface area contributed by atoms with Crippen molar-refractivity contribution in [2.45, 2.75) is 29.7 Å². The number of anilines is 1. The average molecular weight is 294 g/mol. The summed E-state index contributed by atoms with van der Waals surface area (Å²) in [7, 11) is 4.19. The fraction of sp³-hybridized carbons (Fsp3) is 0.533. The lowest BCUT2D eigenvalue weighted by Crippen LogP contribution is -2.54. The third-order valence-electron chi connectivity index (χ3n) is 4.30. The van der Waals surface area contributed by atoms with Crippen molar-refractivity contribution in [3.05, 3.63) is 23.8 Å². The molecule has 0 bridgehead atoms. The summed E-state index contributed by atoms with van der Waals surface area (Å²) in [4.78, 5) is 14.5. The van der Waals surface area contributed by atoms with E-state index in [4.69, 9.17) is 0 Å². The quantitative estimate of drug-likeness (QED) is 0.790. The Hall–Kier alpha value is -1.20. The van der Waals surface area contributed by atoms with Crippen molar-refractivity contribution in [1.82, 2.24) is 4.90 Å². The summed E-state index contributed by atoms with van der Waals surface area (Å²) >= 11 is 1.47. The Morgan fingerprint density at radius 3 is 2.60 bits per heavy atom. The minimum atomic E-state index is -0.870. The molecule has 0 saturated heterocycles. The lowest BCUT2D eigenvalue weighted by molar-refractivity contribution is 0.0690. The highest BCUT2D eigenvalue weighted by Gasteiger charge is 2.38. The van der Waals surface area contributed by atoms with Gasteiger partial charge in [-0.3, -0.25) is 0 Å². The van der Waals surface area contributed by atoms with Crippen molar-refractivity contribution in [2.24, 2.45) is 0 Å². The third-order valence-corrected chi connectivity index (χ3v) is 5.08. The maximum atomic E-state index is 11.5. The number of nitrogens with zero attached hydrogens (tertiary/aromatic N) is 1. The molecule has 0 aliphatic heterocycles. The third kappa shape index (κ3) is 2.79. The summed E-state index contributed by atoms with van der Waals surface area (Å²) in [6, 6.07) is 5.61. The van der Waals surface area contributed by atoms with Gasteiger partial charge in [-0.15, -0.1) is 11.8 Å². The van der Waals surface area contributed by atoms with Gasteiger partial charge < -0.3 is 15.3 Å². The normalized spacial score (nSPS) is 16.8. The summed E-state index contributed by atoms with van der Waals surface area (Å²) in [6.45, 7) is 0.790. The van der Waals surface area contributed by atoms with E-state index >= 15 is 0 Å². The zero-order valence-electron chi connectivity index (χ0n) is 12.3. The zero-order chi connectivity index (χ0) is 14.8.